The first-order valence-corrected chi connectivity index (χ1v) is 16.9. The molecule has 0 radical (unpaired) electrons. The first kappa shape index (κ1) is 25.8. The summed E-state index contributed by atoms with van der Waals surface area (Å²) in [6, 6.07) is 49.7. The maximum atomic E-state index is 5.21. The van der Waals surface area contributed by atoms with Crippen LogP contribution in [0.15, 0.2) is 140 Å². The van der Waals surface area contributed by atoms with Crippen molar-refractivity contribution in [3.05, 3.63) is 140 Å². The zero-order chi connectivity index (χ0) is 30.2. The van der Waals surface area contributed by atoms with Gasteiger partial charge in [-0.25, -0.2) is 15.0 Å². The lowest BCUT2D eigenvalue weighted by molar-refractivity contribution is 1.08. The maximum absolute atomic E-state index is 5.21. The van der Waals surface area contributed by atoms with Gasteiger partial charge in [-0.1, -0.05) is 97.1 Å². The third-order valence-corrected chi connectivity index (χ3v) is 11.2. The summed E-state index contributed by atoms with van der Waals surface area (Å²) in [5.41, 5.74) is 2.97. The molecular formula is C41H23N3S2. The highest BCUT2D eigenvalue weighted by atomic mass is 32.1. The highest BCUT2D eigenvalue weighted by molar-refractivity contribution is 7.26. The van der Waals surface area contributed by atoms with Crippen LogP contribution >= 0.6 is 22.7 Å². The van der Waals surface area contributed by atoms with Crippen LogP contribution in [0, 0.1) is 0 Å². The van der Waals surface area contributed by atoms with Crippen LogP contribution in [-0.4, -0.2) is 15.0 Å². The van der Waals surface area contributed by atoms with Gasteiger partial charge in [-0.2, -0.15) is 0 Å². The molecule has 3 heterocycles. The molecule has 0 aliphatic heterocycles. The number of hydrogen-bond donors (Lipinski definition) is 0. The van der Waals surface area contributed by atoms with Gasteiger partial charge in [0.25, 0.3) is 0 Å². The molecule has 10 aromatic rings. The number of nitrogens with zero attached hydrogens (tertiary/aromatic N) is 3. The average Bonchev–Trinajstić information content (AvgIpc) is 3.68. The Balaban J connectivity index is 1.24. The van der Waals surface area contributed by atoms with Gasteiger partial charge in [0.2, 0.25) is 0 Å². The summed E-state index contributed by atoms with van der Waals surface area (Å²) in [4.78, 5) is 15.4. The van der Waals surface area contributed by atoms with Gasteiger partial charge in [-0.15, -0.1) is 22.7 Å². The zero-order valence-electron chi connectivity index (χ0n) is 24.4. The van der Waals surface area contributed by atoms with Crippen LogP contribution in [0.3, 0.4) is 0 Å². The Morgan fingerprint density at radius 2 is 1.04 bits per heavy atom. The van der Waals surface area contributed by atoms with E-state index in [0.717, 1.165) is 16.7 Å². The van der Waals surface area contributed by atoms with Crippen molar-refractivity contribution in [1.82, 2.24) is 15.0 Å². The van der Waals surface area contributed by atoms with E-state index in [-0.39, 0.29) is 0 Å². The van der Waals surface area contributed by atoms with Crippen molar-refractivity contribution in [1.29, 1.82) is 0 Å². The molecule has 7 aromatic carbocycles. The normalized spacial score (nSPS) is 11.9. The molecule has 0 aliphatic rings. The molecule has 10 rings (SSSR count). The minimum absolute atomic E-state index is 0.670. The molecule has 0 saturated carbocycles. The number of rotatable bonds is 3. The molecule has 3 nitrogen and oxygen atoms in total. The van der Waals surface area contributed by atoms with Gasteiger partial charge in [0, 0.05) is 57.0 Å². The second kappa shape index (κ2) is 10.0. The van der Waals surface area contributed by atoms with Crippen molar-refractivity contribution < 1.29 is 0 Å². The topological polar surface area (TPSA) is 38.7 Å². The van der Waals surface area contributed by atoms with Gasteiger partial charge in [-0.05, 0) is 64.0 Å². The third kappa shape index (κ3) is 3.99. The van der Waals surface area contributed by atoms with Gasteiger partial charge in [0.15, 0.2) is 17.5 Å². The Bertz CT molecular complexity index is 2810. The standard InChI is InChI=1S/C41H23N3S2/c1-2-10-25(11-3-1)39-42-40(27-19-20-35-32(21-27)29-13-6-7-15-34(29)45-35)44-41(43-39)30-14-8-16-36-38(30)33-23-31-26(22-37(33)46-36)18-17-24-9-4-5-12-28(24)31/h1-23H. The molecule has 46 heavy (non-hydrogen) atoms. The maximum Gasteiger partial charge on any atom is 0.164 e. The zero-order valence-corrected chi connectivity index (χ0v) is 26.1. The first-order chi connectivity index (χ1) is 22.8. The monoisotopic (exact) mass is 621 g/mol. The molecular weight excluding hydrogens is 599 g/mol. The lowest BCUT2D eigenvalue weighted by Crippen LogP contribution is -2.00. The molecule has 0 unspecified atom stereocenters. The van der Waals surface area contributed by atoms with Crippen LogP contribution in [0.4, 0.5) is 0 Å². The fraction of sp³-hybridized carbons (Fsp3) is 0. The van der Waals surface area contributed by atoms with E-state index in [4.69, 9.17) is 15.0 Å². The molecule has 0 N–H and O–H groups in total. The largest absolute Gasteiger partial charge is 0.208 e. The summed E-state index contributed by atoms with van der Waals surface area (Å²) in [6.45, 7) is 0. The van der Waals surface area contributed by atoms with Crippen LogP contribution < -0.4 is 0 Å². The molecule has 214 valence electrons. The molecule has 5 heteroatoms. The van der Waals surface area contributed by atoms with Gasteiger partial charge >= 0.3 is 0 Å². The summed E-state index contributed by atoms with van der Waals surface area (Å²) in [6.07, 6.45) is 0. The molecule has 0 saturated heterocycles. The van der Waals surface area contributed by atoms with Crippen LogP contribution in [0.2, 0.25) is 0 Å². The van der Waals surface area contributed by atoms with Gasteiger partial charge in [0.1, 0.15) is 0 Å². The Hall–Kier alpha value is -5.49. The molecule has 0 amide bonds. The Morgan fingerprint density at radius 1 is 0.348 bits per heavy atom. The van der Waals surface area contributed by atoms with Crippen molar-refractivity contribution in [2.75, 3.05) is 0 Å². The number of fused-ring (bicyclic) bond motifs is 9. The minimum Gasteiger partial charge on any atom is -0.208 e. The lowest BCUT2D eigenvalue weighted by atomic mass is 9.98. The second-order valence-electron chi connectivity index (χ2n) is 11.6. The predicted molar refractivity (Wildman–Crippen MR) is 197 cm³/mol. The summed E-state index contributed by atoms with van der Waals surface area (Å²) in [5, 5.41) is 9.94. The fourth-order valence-corrected chi connectivity index (χ4v) is 8.97. The van der Waals surface area contributed by atoms with E-state index in [9.17, 15) is 0 Å². The predicted octanol–water partition coefficient (Wildman–Crippen LogP) is 11.9. The van der Waals surface area contributed by atoms with Crippen molar-refractivity contribution >= 4 is 84.6 Å². The van der Waals surface area contributed by atoms with Crippen LogP contribution in [0.25, 0.3) is 96.1 Å². The number of aromatic nitrogens is 3. The number of benzene rings is 7. The van der Waals surface area contributed by atoms with E-state index < -0.39 is 0 Å². The van der Waals surface area contributed by atoms with Crippen molar-refractivity contribution in [3.63, 3.8) is 0 Å². The SMILES string of the molecule is c1ccc(-c2nc(-c3ccc4sc5ccccc5c4c3)nc(-c3cccc4sc5cc6ccc7ccccc7c6cc5c34)n2)cc1. The van der Waals surface area contributed by atoms with Crippen LogP contribution in [0.5, 0.6) is 0 Å². The van der Waals surface area contributed by atoms with Crippen LogP contribution in [-0.2, 0) is 0 Å². The first-order valence-electron chi connectivity index (χ1n) is 15.3. The van der Waals surface area contributed by atoms with E-state index in [1.807, 2.05) is 40.9 Å². The van der Waals surface area contributed by atoms with E-state index in [0.29, 0.717) is 17.5 Å². The van der Waals surface area contributed by atoms with Crippen molar-refractivity contribution in [2.24, 2.45) is 0 Å². The average molecular weight is 622 g/mol. The van der Waals surface area contributed by atoms with E-state index >= 15 is 0 Å². The van der Waals surface area contributed by atoms with E-state index in [2.05, 4.69) is 121 Å². The molecule has 0 spiro atoms. The quantitative estimate of drug-likeness (QED) is 0.184. The Labute approximate surface area is 272 Å². The number of thiophene rings is 2. The summed E-state index contributed by atoms with van der Waals surface area (Å²) in [5.74, 6) is 2.03. The molecule has 0 atom stereocenters. The summed E-state index contributed by atoms with van der Waals surface area (Å²) < 4.78 is 5.03. The Morgan fingerprint density at radius 3 is 1.96 bits per heavy atom. The highest BCUT2D eigenvalue weighted by Gasteiger charge is 2.18. The molecule has 3 aromatic heterocycles. The minimum atomic E-state index is 0.670. The third-order valence-electron chi connectivity index (χ3n) is 8.90. The van der Waals surface area contributed by atoms with Crippen molar-refractivity contribution in [3.8, 4) is 34.2 Å². The highest BCUT2D eigenvalue weighted by Crippen LogP contribution is 2.43. The van der Waals surface area contributed by atoms with Gasteiger partial charge in [-0.3, -0.25) is 0 Å². The van der Waals surface area contributed by atoms with Gasteiger partial charge in [0.05, 0.1) is 0 Å². The lowest BCUT2D eigenvalue weighted by Gasteiger charge is -2.10. The Kier molecular flexibility index (Phi) is 5.61. The summed E-state index contributed by atoms with van der Waals surface area (Å²) >= 11 is 3.64. The van der Waals surface area contributed by atoms with E-state index in [1.54, 1.807) is 0 Å². The van der Waals surface area contributed by atoms with E-state index in [1.165, 1.54) is 61.9 Å². The molecule has 0 bridgehead atoms. The second-order valence-corrected chi connectivity index (χ2v) is 13.8. The van der Waals surface area contributed by atoms with Gasteiger partial charge < -0.3 is 0 Å². The molecule has 0 aliphatic carbocycles. The smallest absolute Gasteiger partial charge is 0.164 e. The fourth-order valence-electron chi connectivity index (χ4n) is 6.72. The van der Waals surface area contributed by atoms with Crippen LogP contribution in [0.1, 0.15) is 0 Å². The molecule has 0 fully saturated rings. The number of hydrogen-bond acceptors (Lipinski definition) is 5. The summed E-state index contributed by atoms with van der Waals surface area (Å²) in [7, 11) is 0. The van der Waals surface area contributed by atoms with Crippen molar-refractivity contribution in [2.45, 2.75) is 0 Å².